The van der Waals surface area contributed by atoms with Crippen molar-refractivity contribution in [3.8, 4) is 11.3 Å². The number of carbonyl (C=O) groups excluding carboxylic acids is 1. The molecule has 3 aromatic rings. The second-order valence-corrected chi connectivity index (χ2v) is 9.38. The number of piperidine rings is 1. The number of nitrogens with zero attached hydrogens (tertiary/aromatic N) is 3. The Balaban J connectivity index is 1.19. The van der Waals surface area contributed by atoms with Gasteiger partial charge in [-0.2, -0.15) is 0 Å². The number of aryl methyl sites for hydroxylation is 1. The number of likely N-dealkylation sites (tertiary alicyclic amines) is 1. The molecule has 1 amide bonds. The van der Waals surface area contributed by atoms with E-state index in [1.54, 1.807) is 0 Å². The number of amides is 1. The van der Waals surface area contributed by atoms with Gasteiger partial charge >= 0.3 is 0 Å². The molecule has 2 aliphatic heterocycles. The molecule has 2 atom stereocenters. The second kappa shape index (κ2) is 8.33. The van der Waals surface area contributed by atoms with Crippen LogP contribution in [0.25, 0.3) is 11.3 Å². The van der Waals surface area contributed by atoms with Gasteiger partial charge in [0.15, 0.2) is 0 Å². The van der Waals surface area contributed by atoms with Crippen molar-refractivity contribution in [1.82, 2.24) is 14.5 Å². The van der Waals surface area contributed by atoms with Crippen LogP contribution in [0, 0.1) is 18.8 Å². The molecule has 2 aliphatic rings. The molecule has 4 nitrogen and oxygen atoms in total. The molecule has 0 aliphatic carbocycles. The molecule has 4 heteroatoms. The zero-order valence-corrected chi connectivity index (χ0v) is 18.5. The average molecular weight is 414 g/mol. The molecule has 1 saturated heterocycles. The lowest BCUT2D eigenvalue weighted by Gasteiger charge is -2.36. The number of fused-ring (bicyclic) bond motifs is 3. The zero-order valence-electron chi connectivity index (χ0n) is 18.5. The van der Waals surface area contributed by atoms with E-state index >= 15 is 0 Å². The SMILES string of the molecule is Cc1ccc(CC(=O)N2CCC(C(C)CC3c4ccccc4-c4cncn43)CC2)cc1. The van der Waals surface area contributed by atoms with Crippen molar-refractivity contribution in [2.75, 3.05) is 13.1 Å². The van der Waals surface area contributed by atoms with E-state index in [1.165, 1.54) is 22.4 Å². The van der Waals surface area contributed by atoms with Gasteiger partial charge < -0.3 is 9.47 Å². The number of hydrogen-bond donors (Lipinski definition) is 0. The minimum atomic E-state index is 0.266. The maximum Gasteiger partial charge on any atom is 0.226 e. The highest BCUT2D eigenvalue weighted by Gasteiger charge is 2.32. The summed E-state index contributed by atoms with van der Waals surface area (Å²) in [6, 6.07) is 17.5. The summed E-state index contributed by atoms with van der Waals surface area (Å²) >= 11 is 0. The molecule has 160 valence electrons. The third kappa shape index (κ3) is 3.91. The number of benzene rings is 2. The number of rotatable bonds is 5. The molecule has 0 N–H and O–H groups in total. The van der Waals surface area contributed by atoms with Crippen molar-refractivity contribution in [2.24, 2.45) is 11.8 Å². The van der Waals surface area contributed by atoms with Crippen LogP contribution in [-0.4, -0.2) is 33.4 Å². The highest BCUT2D eigenvalue weighted by atomic mass is 16.2. The smallest absolute Gasteiger partial charge is 0.226 e. The van der Waals surface area contributed by atoms with Crippen LogP contribution in [0.5, 0.6) is 0 Å². The van der Waals surface area contributed by atoms with Crippen LogP contribution in [0.15, 0.2) is 61.1 Å². The quantitative estimate of drug-likeness (QED) is 0.572. The predicted molar refractivity (Wildman–Crippen MR) is 124 cm³/mol. The summed E-state index contributed by atoms with van der Waals surface area (Å²) in [4.78, 5) is 19.2. The molecule has 2 unspecified atom stereocenters. The van der Waals surface area contributed by atoms with Gasteiger partial charge in [0.2, 0.25) is 5.91 Å². The lowest BCUT2D eigenvalue weighted by Crippen LogP contribution is -2.40. The second-order valence-electron chi connectivity index (χ2n) is 9.38. The number of imidazole rings is 1. The Morgan fingerprint density at radius 2 is 1.84 bits per heavy atom. The number of carbonyl (C=O) groups is 1. The molecule has 0 spiro atoms. The van der Waals surface area contributed by atoms with E-state index in [0.29, 0.717) is 24.3 Å². The Morgan fingerprint density at radius 3 is 2.61 bits per heavy atom. The van der Waals surface area contributed by atoms with Crippen molar-refractivity contribution in [2.45, 2.75) is 45.6 Å². The largest absolute Gasteiger partial charge is 0.342 e. The van der Waals surface area contributed by atoms with E-state index in [0.717, 1.165) is 37.9 Å². The van der Waals surface area contributed by atoms with Crippen molar-refractivity contribution >= 4 is 5.91 Å². The average Bonchev–Trinajstić information content (AvgIpc) is 3.38. The summed E-state index contributed by atoms with van der Waals surface area (Å²) in [6.45, 7) is 6.25. The minimum Gasteiger partial charge on any atom is -0.342 e. The summed E-state index contributed by atoms with van der Waals surface area (Å²) in [5.41, 5.74) is 6.34. The van der Waals surface area contributed by atoms with Crippen LogP contribution in [0.1, 0.15) is 48.9 Å². The van der Waals surface area contributed by atoms with Gasteiger partial charge in [0.1, 0.15) is 0 Å². The summed E-state index contributed by atoms with van der Waals surface area (Å²) < 4.78 is 2.35. The van der Waals surface area contributed by atoms with E-state index in [1.807, 2.05) is 12.5 Å². The predicted octanol–water partition coefficient (Wildman–Crippen LogP) is 5.27. The van der Waals surface area contributed by atoms with E-state index in [9.17, 15) is 4.79 Å². The summed E-state index contributed by atoms with van der Waals surface area (Å²) in [7, 11) is 0. The summed E-state index contributed by atoms with van der Waals surface area (Å²) in [6.07, 6.45) is 7.82. The first-order valence-corrected chi connectivity index (χ1v) is 11.5. The molecule has 31 heavy (non-hydrogen) atoms. The third-order valence-corrected chi connectivity index (χ3v) is 7.37. The topological polar surface area (TPSA) is 38.1 Å². The Bertz CT molecular complexity index is 1060. The van der Waals surface area contributed by atoms with Gasteiger partial charge in [-0.15, -0.1) is 0 Å². The fourth-order valence-corrected chi connectivity index (χ4v) is 5.43. The molecule has 3 heterocycles. The number of aromatic nitrogens is 2. The van der Waals surface area contributed by atoms with E-state index < -0.39 is 0 Å². The van der Waals surface area contributed by atoms with Crippen LogP contribution in [-0.2, 0) is 11.2 Å². The van der Waals surface area contributed by atoms with Gasteiger partial charge in [0, 0.05) is 18.7 Å². The molecular weight excluding hydrogens is 382 g/mol. The molecule has 0 bridgehead atoms. The van der Waals surface area contributed by atoms with Gasteiger partial charge in [0.25, 0.3) is 0 Å². The fourth-order valence-electron chi connectivity index (χ4n) is 5.43. The van der Waals surface area contributed by atoms with Crippen LogP contribution in [0.3, 0.4) is 0 Å². The third-order valence-electron chi connectivity index (χ3n) is 7.37. The van der Waals surface area contributed by atoms with Crippen molar-refractivity contribution in [1.29, 1.82) is 0 Å². The molecule has 0 radical (unpaired) electrons. The zero-order chi connectivity index (χ0) is 21.4. The first-order chi connectivity index (χ1) is 15.1. The Hall–Kier alpha value is -2.88. The van der Waals surface area contributed by atoms with Crippen molar-refractivity contribution < 1.29 is 4.79 Å². The molecule has 1 fully saturated rings. The summed E-state index contributed by atoms with van der Waals surface area (Å²) in [5.74, 6) is 1.55. The molecule has 0 saturated carbocycles. The van der Waals surface area contributed by atoms with Crippen LogP contribution < -0.4 is 0 Å². The maximum atomic E-state index is 12.8. The minimum absolute atomic E-state index is 0.266. The van der Waals surface area contributed by atoms with Gasteiger partial charge in [-0.3, -0.25) is 4.79 Å². The van der Waals surface area contributed by atoms with Crippen molar-refractivity contribution in [3.63, 3.8) is 0 Å². The summed E-state index contributed by atoms with van der Waals surface area (Å²) in [5, 5.41) is 0. The Morgan fingerprint density at radius 1 is 1.10 bits per heavy atom. The van der Waals surface area contributed by atoms with Gasteiger partial charge in [-0.1, -0.05) is 61.0 Å². The van der Waals surface area contributed by atoms with Gasteiger partial charge in [-0.05, 0) is 49.1 Å². The highest BCUT2D eigenvalue weighted by Crippen LogP contribution is 2.43. The lowest BCUT2D eigenvalue weighted by atomic mass is 9.80. The van der Waals surface area contributed by atoms with E-state index in [-0.39, 0.29) is 5.91 Å². The number of hydrogen-bond acceptors (Lipinski definition) is 2. The normalized spacial score (nSPS) is 19.2. The van der Waals surface area contributed by atoms with Crippen molar-refractivity contribution in [3.05, 3.63) is 77.7 Å². The molecule has 2 aromatic carbocycles. The van der Waals surface area contributed by atoms with Crippen LogP contribution >= 0.6 is 0 Å². The highest BCUT2D eigenvalue weighted by molar-refractivity contribution is 5.78. The van der Waals surface area contributed by atoms with Crippen LogP contribution in [0.4, 0.5) is 0 Å². The van der Waals surface area contributed by atoms with E-state index in [4.69, 9.17) is 0 Å². The first-order valence-electron chi connectivity index (χ1n) is 11.5. The standard InChI is InChI=1S/C27H31N3O/c1-19-7-9-21(10-8-19)16-27(31)29-13-11-22(12-14-29)20(2)15-25-23-5-3-4-6-24(23)26-17-28-18-30(25)26/h3-10,17-18,20,22,25H,11-16H2,1-2H3. The fraction of sp³-hybridized carbons (Fsp3) is 0.407. The van der Waals surface area contributed by atoms with Crippen LogP contribution in [0.2, 0.25) is 0 Å². The van der Waals surface area contributed by atoms with Gasteiger partial charge in [-0.25, -0.2) is 4.98 Å². The lowest BCUT2D eigenvalue weighted by molar-refractivity contribution is -0.132. The first kappa shape index (κ1) is 20.0. The Labute approximate surface area is 184 Å². The Kier molecular flexibility index (Phi) is 5.39. The maximum absolute atomic E-state index is 12.8. The molecule has 5 rings (SSSR count). The monoisotopic (exact) mass is 413 g/mol. The van der Waals surface area contributed by atoms with Gasteiger partial charge in [0.05, 0.1) is 30.7 Å². The molecular formula is C27H31N3O. The van der Waals surface area contributed by atoms with E-state index in [2.05, 4.69) is 76.8 Å². The molecule has 1 aromatic heterocycles.